The van der Waals surface area contributed by atoms with E-state index in [-0.39, 0.29) is 11.2 Å². The molecule has 0 spiro atoms. The maximum absolute atomic E-state index is 11.8. The quantitative estimate of drug-likeness (QED) is 0.572. The minimum Gasteiger partial charge on any atom is -0.334 e. The van der Waals surface area contributed by atoms with Crippen LogP contribution in [0.4, 0.5) is 0 Å². The summed E-state index contributed by atoms with van der Waals surface area (Å²) in [5, 5.41) is 0.0113. The summed E-state index contributed by atoms with van der Waals surface area (Å²) < 4.78 is 11.2. The summed E-state index contributed by atoms with van der Waals surface area (Å²) in [6.07, 6.45) is 1.26. The molecule has 1 heterocycles. The van der Waals surface area contributed by atoms with Crippen LogP contribution in [0.3, 0.4) is 0 Å². The first kappa shape index (κ1) is 18.5. The van der Waals surface area contributed by atoms with Crippen LogP contribution in [0.5, 0.6) is 0 Å². The van der Waals surface area contributed by atoms with Crippen molar-refractivity contribution >= 4 is 29.7 Å². The molecule has 1 aliphatic heterocycles. The predicted octanol–water partition coefficient (Wildman–Crippen LogP) is 1.50. The molecule has 1 amide bonds. The highest BCUT2D eigenvalue weighted by molar-refractivity contribution is 7.98. The van der Waals surface area contributed by atoms with Gasteiger partial charge < -0.3 is 14.7 Å². The summed E-state index contributed by atoms with van der Waals surface area (Å²) in [7, 11) is -3.74. The van der Waals surface area contributed by atoms with Crippen molar-refractivity contribution < 1.29 is 19.1 Å². The molecule has 7 heteroatoms. The molecule has 0 aliphatic carbocycles. The van der Waals surface area contributed by atoms with Gasteiger partial charge in [-0.1, -0.05) is 19.1 Å². The van der Waals surface area contributed by atoms with Crippen molar-refractivity contribution in [1.29, 1.82) is 0 Å². The van der Waals surface area contributed by atoms with Crippen LogP contribution in [0.15, 0.2) is 24.3 Å². The summed E-state index contributed by atoms with van der Waals surface area (Å²) in [5.41, 5.74) is 0.890. The van der Waals surface area contributed by atoms with Gasteiger partial charge in [-0.3, -0.25) is 9.36 Å². The largest absolute Gasteiger partial charge is 0.356 e. The number of carbonyl (C=O) groups is 1. The molecule has 23 heavy (non-hydrogen) atoms. The molecule has 2 N–H and O–H groups in total. The predicted molar refractivity (Wildman–Crippen MR) is 95.0 cm³/mol. The molecule has 1 aromatic carbocycles. The number of hydrogen-bond acceptors (Lipinski definition) is 2. The summed E-state index contributed by atoms with van der Waals surface area (Å²) in [5.74, 6) is 4.60. The monoisotopic (exact) mass is 358 g/mol. The minimum atomic E-state index is -4.20. The molecule has 1 fully saturated rings. The van der Waals surface area contributed by atoms with Gasteiger partial charge in [-0.25, -0.2) is 0 Å². The summed E-state index contributed by atoms with van der Waals surface area (Å²) in [4.78, 5) is 31.9. The maximum Gasteiger partial charge on any atom is 0.356 e. The van der Waals surface area contributed by atoms with Crippen LogP contribution in [0.1, 0.15) is 25.8 Å². The van der Waals surface area contributed by atoms with Crippen LogP contribution in [-0.4, -0.2) is 44.4 Å². The highest BCUT2D eigenvalue weighted by atomic mass is 32.2. The Morgan fingerprint density at radius 1 is 1.30 bits per heavy atom. The number of amides is 1. The molecule has 5 nitrogen and oxygen atoms in total. The minimum absolute atomic E-state index is 0.0113. The maximum atomic E-state index is 11.8. The van der Waals surface area contributed by atoms with E-state index in [1.807, 2.05) is 4.90 Å². The normalized spacial score (nSPS) is 20.9. The third-order valence-corrected chi connectivity index (χ3v) is 7.88. The lowest BCUT2D eigenvalue weighted by atomic mass is 10.1. The van der Waals surface area contributed by atoms with Crippen LogP contribution in [-0.2, 0) is 26.8 Å². The van der Waals surface area contributed by atoms with E-state index in [0.717, 1.165) is 23.8 Å². The number of hydrogen-bond donors (Lipinski definition) is 2. The van der Waals surface area contributed by atoms with Gasteiger partial charge in [0, 0.05) is 19.4 Å². The zero-order valence-corrected chi connectivity index (χ0v) is 15.4. The van der Waals surface area contributed by atoms with Gasteiger partial charge in [0.1, 0.15) is 17.3 Å². The van der Waals surface area contributed by atoms with Crippen molar-refractivity contribution in [3.8, 4) is 0 Å². The SMILES string of the molecule is CCC1C[S+](CCN(Cc2ccc(P(=O)(O)O)cc2)C(C)=O)C1. The second-order valence-corrected chi connectivity index (χ2v) is 9.98. The molecule has 2 rings (SSSR count). The van der Waals surface area contributed by atoms with Crippen LogP contribution in [0.25, 0.3) is 0 Å². The number of benzene rings is 1. The number of carbonyl (C=O) groups excluding carboxylic acids is 1. The van der Waals surface area contributed by atoms with E-state index in [1.54, 1.807) is 19.1 Å². The van der Waals surface area contributed by atoms with E-state index < -0.39 is 7.60 Å². The summed E-state index contributed by atoms with van der Waals surface area (Å²) in [6, 6.07) is 6.24. The Kier molecular flexibility index (Phi) is 6.32. The van der Waals surface area contributed by atoms with Gasteiger partial charge in [0.2, 0.25) is 5.91 Å². The molecule has 1 saturated heterocycles. The molecular weight excluding hydrogens is 333 g/mol. The molecule has 0 atom stereocenters. The second kappa shape index (κ2) is 7.84. The van der Waals surface area contributed by atoms with Crippen LogP contribution in [0.2, 0.25) is 0 Å². The Hall–Kier alpha value is -0.810. The van der Waals surface area contributed by atoms with Gasteiger partial charge in [-0.2, -0.15) is 0 Å². The van der Waals surface area contributed by atoms with Crippen molar-refractivity contribution in [1.82, 2.24) is 4.90 Å². The fourth-order valence-corrected chi connectivity index (χ4v) is 5.68. The van der Waals surface area contributed by atoms with Gasteiger partial charge >= 0.3 is 7.60 Å². The lowest BCUT2D eigenvalue weighted by Gasteiger charge is -2.28. The highest BCUT2D eigenvalue weighted by Crippen LogP contribution is 2.32. The van der Waals surface area contributed by atoms with E-state index in [9.17, 15) is 9.36 Å². The Morgan fingerprint density at radius 3 is 2.39 bits per heavy atom. The summed E-state index contributed by atoms with van der Waals surface area (Å²) >= 11 is 0. The molecular formula is C16H25NO4PS+. The number of rotatable bonds is 7. The first-order valence-electron chi connectivity index (χ1n) is 7.84. The van der Waals surface area contributed by atoms with Gasteiger partial charge in [0.15, 0.2) is 0 Å². The van der Waals surface area contributed by atoms with Crippen molar-refractivity contribution in [3.05, 3.63) is 29.8 Å². The molecule has 0 saturated carbocycles. The van der Waals surface area contributed by atoms with E-state index >= 15 is 0 Å². The Morgan fingerprint density at radius 2 is 1.91 bits per heavy atom. The molecule has 128 valence electrons. The lowest BCUT2D eigenvalue weighted by Crippen LogP contribution is -2.42. The third-order valence-electron chi connectivity index (χ3n) is 4.26. The van der Waals surface area contributed by atoms with Crippen molar-refractivity contribution in [2.24, 2.45) is 5.92 Å². The van der Waals surface area contributed by atoms with Gasteiger partial charge in [0.25, 0.3) is 0 Å². The second-order valence-electron chi connectivity index (χ2n) is 6.08. The first-order valence-corrected chi connectivity index (χ1v) is 11.2. The highest BCUT2D eigenvalue weighted by Gasteiger charge is 2.37. The topological polar surface area (TPSA) is 77.8 Å². The van der Waals surface area contributed by atoms with E-state index in [0.29, 0.717) is 17.4 Å². The lowest BCUT2D eigenvalue weighted by molar-refractivity contribution is -0.129. The average Bonchev–Trinajstić information content (AvgIpc) is 2.44. The average molecular weight is 358 g/mol. The van der Waals surface area contributed by atoms with Gasteiger partial charge in [0.05, 0.1) is 11.8 Å². The molecule has 0 radical (unpaired) electrons. The Balaban J connectivity index is 1.89. The molecule has 1 aliphatic rings. The summed E-state index contributed by atoms with van der Waals surface area (Å²) in [6.45, 7) is 5.05. The van der Waals surface area contributed by atoms with Crippen molar-refractivity contribution in [2.75, 3.05) is 23.8 Å². The van der Waals surface area contributed by atoms with Crippen LogP contribution >= 0.6 is 7.60 Å². The molecule has 0 unspecified atom stereocenters. The van der Waals surface area contributed by atoms with Gasteiger partial charge in [-0.05, 0) is 35.0 Å². The standard InChI is InChI=1S/C16H24NO4PS/c1-3-14-11-23(12-14)9-8-17(13(2)18)10-15-4-6-16(7-5-15)22(19,20)21/h4-7,14H,3,8-12H2,1-2H3,(H-,19,20,21)/p+1. The number of nitrogens with zero attached hydrogens (tertiary/aromatic N) is 1. The Bertz CT molecular complexity index is 580. The zero-order valence-electron chi connectivity index (χ0n) is 13.6. The van der Waals surface area contributed by atoms with Crippen LogP contribution < -0.4 is 5.30 Å². The van der Waals surface area contributed by atoms with Crippen LogP contribution in [0, 0.1) is 5.92 Å². The zero-order chi connectivity index (χ0) is 17.0. The van der Waals surface area contributed by atoms with Gasteiger partial charge in [-0.15, -0.1) is 0 Å². The first-order chi connectivity index (χ1) is 10.8. The van der Waals surface area contributed by atoms with E-state index in [2.05, 4.69) is 6.92 Å². The molecule has 1 aromatic rings. The van der Waals surface area contributed by atoms with E-state index in [1.165, 1.54) is 30.1 Å². The fraction of sp³-hybridized carbons (Fsp3) is 0.562. The van der Waals surface area contributed by atoms with Crippen molar-refractivity contribution in [2.45, 2.75) is 26.8 Å². The fourth-order valence-electron chi connectivity index (χ4n) is 2.62. The van der Waals surface area contributed by atoms with E-state index in [4.69, 9.17) is 9.79 Å². The smallest absolute Gasteiger partial charge is 0.334 e. The molecule has 0 aromatic heterocycles. The van der Waals surface area contributed by atoms with Crippen molar-refractivity contribution in [3.63, 3.8) is 0 Å². The Labute approximate surface area is 140 Å². The molecule has 0 bridgehead atoms. The third kappa shape index (κ3) is 5.35.